The van der Waals surface area contributed by atoms with E-state index in [1.165, 1.54) is 32.3 Å². The number of aromatic nitrogens is 5. The molecule has 0 aromatic carbocycles. The molecule has 0 bridgehead atoms. The van der Waals surface area contributed by atoms with Gasteiger partial charge in [0, 0.05) is 31.6 Å². The Morgan fingerprint density at radius 2 is 1.88 bits per heavy atom. The Labute approximate surface area is 240 Å². The lowest BCUT2D eigenvalue weighted by atomic mass is 10.0. The molecule has 1 aliphatic rings. The van der Waals surface area contributed by atoms with E-state index in [-0.39, 0.29) is 52.0 Å². The Bertz CT molecular complexity index is 1500. The van der Waals surface area contributed by atoms with Crippen LogP contribution in [0.3, 0.4) is 0 Å². The van der Waals surface area contributed by atoms with Crippen molar-refractivity contribution in [2.24, 2.45) is 0 Å². The van der Waals surface area contributed by atoms with Gasteiger partial charge in [-0.1, -0.05) is 42.1 Å². The lowest BCUT2D eigenvalue weighted by Crippen LogP contribution is -2.27. The number of aliphatic hydroxyl groups is 1. The van der Waals surface area contributed by atoms with E-state index in [0.717, 1.165) is 24.0 Å². The summed E-state index contributed by atoms with van der Waals surface area (Å²) in [5, 5.41) is 18.3. The van der Waals surface area contributed by atoms with Gasteiger partial charge >= 0.3 is 6.18 Å². The van der Waals surface area contributed by atoms with Gasteiger partial charge in [-0.05, 0) is 39.4 Å². The highest BCUT2D eigenvalue weighted by Gasteiger charge is 2.41. The van der Waals surface area contributed by atoms with Crippen molar-refractivity contribution in [3.8, 4) is 22.7 Å². The summed E-state index contributed by atoms with van der Waals surface area (Å²) in [6.45, 7) is 9.70. The molecule has 0 amide bonds. The molecule has 13 heteroatoms. The predicted molar refractivity (Wildman–Crippen MR) is 146 cm³/mol. The van der Waals surface area contributed by atoms with Crippen molar-refractivity contribution in [1.82, 2.24) is 29.8 Å². The molecule has 0 saturated carbocycles. The Hall–Kier alpha value is -3.66. The average Bonchev–Trinajstić information content (AvgIpc) is 3.55. The fourth-order valence-electron chi connectivity index (χ4n) is 4.19. The first kappa shape index (κ1) is 30.3. The zero-order valence-corrected chi connectivity index (χ0v) is 23.8. The zero-order valence-electron chi connectivity index (χ0n) is 23.1. The topological polar surface area (TPSA) is 102 Å². The minimum absolute atomic E-state index is 0.0367. The first-order valence-electron chi connectivity index (χ1n) is 13.0. The highest BCUT2D eigenvalue weighted by atomic mass is 35.5. The molecule has 0 aliphatic heterocycles. The fourth-order valence-corrected chi connectivity index (χ4v) is 4.43. The Balaban J connectivity index is 1.81. The minimum Gasteiger partial charge on any atom is -0.490 e. The Morgan fingerprint density at radius 1 is 1.17 bits per heavy atom. The maximum atomic E-state index is 14.4. The van der Waals surface area contributed by atoms with E-state index in [1.807, 2.05) is 0 Å². The number of rotatable bonds is 12. The molecule has 41 heavy (non-hydrogen) atoms. The summed E-state index contributed by atoms with van der Waals surface area (Å²) < 4.78 is 55.4. The molecule has 0 radical (unpaired) electrons. The number of likely N-dealkylation sites (N-methyl/N-ethyl adjacent to an activating group) is 1. The van der Waals surface area contributed by atoms with Crippen molar-refractivity contribution >= 4 is 17.2 Å². The van der Waals surface area contributed by atoms with E-state index in [9.17, 15) is 18.3 Å². The highest BCUT2D eigenvalue weighted by Crippen LogP contribution is 2.44. The van der Waals surface area contributed by atoms with Gasteiger partial charge in [0.15, 0.2) is 17.3 Å². The summed E-state index contributed by atoms with van der Waals surface area (Å²) >= 11 is 6.70. The largest absolute Gasteiger partial charge is 0.490 e. The van der Waals surface area contributed by atoms with Gasteiger partial charge in [-0.25, -0.2) is 9.97 Å². The zero-order chi connectivity index (χ0) is 29.8. The van der Waals surface area contributed by atoms with E-state index in [2.05, 4.69) is 50.4 Å². The van der Waals surface area contributed by atoms with Gasteiger partial charge in [-0.3, -0.25) is 4.68 Å². The van der Waals surface area contributed by atoms with E-state index < -0.39 is 17.5 Å². The summed E-state index contributed by atoms with van der Waals surface area (Å²) in [5.41, 5.74) is 3.45. The summed E-state index contributed by atoms with van der Waals surface area (Å²) in [5.74, 6) is 0.131. The van der Waals surface area contributed by atoms with Crippen LogP contribution in [0.1, 0.15) is 45.5 Å². The molecule has 4 rings (SSSR count). The van der Waals surface area contributed by atoms with Gasteiger partial charge in [0.1, 0.15) is 23.1 Å². The third-order valence-electron chi connectivity index (χ3n) is 6.40. The molecule has 0 saturated heterocycles. The van der Waals surface area contributed by atoms with Crippen molar-refractivity contribution in [1.29, 1.82) is 0 Å². The molecule has 0 spiro atoms. The molecule has 1 aliphatic carbocycles. The number of nitrogens with zero attached hydrogens (tertiary/aromatic N) is 6. The van der Waals surface area contributed by atoms with E-state index in [1.54, 1.807) is 6.07 Å². The highest BCUT2D eigenvalue weighted by molar-refractivity contribution is 6.37. The molecule has 0 atom stereocenters. The molecule has 218 valence electrons. The van der Waals surface area contributed by atoms with Crippen LogP contribution in [0.4, 0.5) is 13.2 Å². The maximum Gasteiger partial charge on any atom is 0.433 e. The fraction of sp³-hybridized carbons (Fsp3) is 0.429. The monoisotopic (exact) mass is 590 g/mol. The third-order valence-corrected chi connectivity index (χ3v) is 6.78. The van der Waals surface area contributed by atoms with Crippen LogP contribution in [0.5, 0.6) is 0 Å². The van der Waals surface area contributed by atoms with Crippen LogP contribution in [-0.2, 0) is 17.5 Å². The van der Waals surface area contributed by atoms with Gasteiger partial charge < -0.3 is 19.3 Å². The van der Waals surface area contributed by atoms with Crippen LogP contribution in [0.2, 0.25) is 0 Å². The average molecular weight is 591 g/mol. The van der Waals surface area contributed by atoms with Gasteiger partial charge in [0.2, 0.25) is 0 Å². The number of aryl methyl sites for hydroxylation is 1. The van der Waals surface area contributed by atoms with Crippen molar-refractivity contribution in [3.05, 3.63) is 64.4 Å². The summed E-state index contributed by atoms with van der Waals surface area (Å²) in [7, 11) is 0. The number of alkyl halides is 3. The molecule has 3 aromatic heterocycles. The molecule has 9 nitrogen and oxygen atoms in total. The maximum absolute atomic E-state index is 14.4. The smallest absolute Gasteiger partial charge is 0.433 e. The SMILES string of the molecule is CCN(CC)CCOC1=C(Cl)C(c2noc(-c3cnn(CCC(C)(C)O)c3C(F)(F)F)c2-c2ncccn2)=C=C=C1. The van der Waals surface area contributed by atoms with Crippen LogP contribution < -0.4 is 0 Å². The molecule has 3 aromatic rings. The lowest BCUT2D eigenvalue weighted by Gasteiger charge is -2.19. The van der Waals surface area contributed by atoms with Gasteiger partial charge in [-0.2, -0.15) is 18.3 Å². The van der Waals surface area contributed by atoms with Crippen molar-refractivity contribution < 1.29 is 27.5 Å². The van der Waals surface area contributed by atoms with Gasteiger partial charge in [0.05, 0.1) is 28.5 Å². The third kappa shape index (κ3) is 6.98. The Morgan fingerprint density at radius 3 is 2.51 bits per heavy atom. The van der Waals surface area contributed by atoms with Crippen LogP contribution in [0.25, 0.3) is 28.3 Å². The van der Waals surface area contributed by atoms with Crippen molar-refractivity contribution in [2.75, 3.05) is 26.2 Å². The van der Waals surface area contributed by atoms with Crippen molar-refractivity contribution in [3.63, 3.8) is 0 Å². The van der Waals surface area contributed by atoms with Crippen LogP contribution >= 0.6 is 11.6 Å². The predicted octanol–water partition coefficient (Wildman–Crippen LogP) is 5.69. The van der Waals surface area contributed by atoms with Crippen LogP contribution in [0, 0.1) is 0 Å². The molecule has 0 fully saturated rings. The standard InChI is InChI=1S/C28H30ClF3N6O3/c1-5-37(6-2)15-16-40-20-10-7-9-18(22(20)29)23-21(26-33-12-8-13-34-26)24(41-36-23)19-17-35-38(14-11-27(3,4)39)25(19)28(30,31)32/h8,10,12-13,17,39H,5-6,11,14-16H2,1-4H3. The van der Waals surface area contributed by atoms with E-state index in [4.69, 9.17) is 20.9 Å². The first-order valence-corrected chi connectivity index (χ1v) is 13.4. The summed E-state index contributed by atoms with van der Waals surface area (Å²) in [6.07, 6.45) is 0.712. The van der Waals surface area contributed by atoms with E-state index >= 15 is 0 Å². The molecular weight excluding hydrogens is 561 g/mol. The summed E-state index contributed by atoms with van der Waals surface area (Å²) in [4.78, 5) is 10.7. The molecular formula is C28H30ClF3N6O3. The second kappa shape index (κ2) is 12.5. The minimum atomic E-state index is -4.80. The number of ether oxygens (including phenoxy) is 1. The van der Waals surface area contributed by atoms with Gasteiger partial charge in [-0.15, -0.1) is 0 Å². The number of allylic oxidation sites excluding steroid dienone is 3. The second-order valence-corrected chi connectivity index (χ2v) is 10.2. The second-order valence-electron chi connectivity index (χ2n) is 9.84. The number of halogens is 4. The first-order chi connectivity index (χ1) is 19.4. The van der Waals surface area contributed by atoms with Crippen LogP contribution in [-0.4, -0.2) is 66.8 Å². The summed E-state index contributed by atoms with van der Waals surface area (Å²) in [6, 6.07) is 1.57. The van der Waals surface area contributed by atoms with Crippen LogP contribution in [0.15, 0.2) is 57.5 Å². The number of hydrogen-bond acceptors (Lipinski definition) is 8. The molecule has 1 N–H and O–H groups in total. The number of hydrogen-bond donors (Lipinski definition) is 1. The molecule has 0 unspecified atom stereocenters. The van der Waals surface area contributed by atoms with Gasteiger partial charge in [0.25, 0.3) is 0 Å². The Kier molecular flexibility index (Phi) is 9.21. The lowest BCUT2D eigenvalue weighted by molar-refractivity contribution is -0.144. The molecule has 3 heterocycles. The van der Waals surface area contributed by atoms with E-state index in [0.29, 0.717) is 18.9 Å². The van der Waals surface area contributed by atoms with Crippen molar-refractivity contribution in [2.45, 2.75) is 52.4 Å². The normalized spacial score (nSPS) is 13.9. The quantitative estimate of drug-likeness (QED) is 0.268.